The summed E-state index contributed by atoms with van der Waals surface area (Å²) in [6.45, 7) is 7.45. The lowest BCUT2D eigenvalue weighted by atomic mass is 9.66. The maximum absolute atomic E-state index is 5.15. The molecule has 5 rings (SSSR count). The van der Waals surface area contributed by atoms with Gasteiger partial charge in [-0.1, -0.05) is 45.0 Å². The van der Waals surface area contributed by atoms with Crippen LogP contribution in [-0.4, -0.2) is 9.97 Å². The van der Waals surface area contributed by atoms with E-state index in [1.165, 1.54) is 35.7 Å². The minimum absolute atomic E-state index is 0.371. The maximum atomic E-state index is 5.15. The molecule has 0 radical (unpaired) electrons. The highest BCUT2D eigenvalue weighted by Gasteiger charge is 2.61. The second kappa shape index (κ2) is 4.56. The predicted molar refractivity (Wildman–Crippen MR) is 99.0 cm³/mol. The van der Waals surface area contributed by atoms with Crippen molar-refractivity contribution in [2.24, 2.45) is 16.7 Å². The van der Waals surface area contributed by atoms with E-state index in [1.54, 1.807) is 0 Å². The minimum Gasteiger partial charge on any atom is -0.254 e. The zero-order valence-corrected chi connectivity index (χ0v) is 14.7. The molecule has 0 unspecified atom stereocenters. The van der Waals surface area contributed by atoms with Gasteiger partial charge in [0.15, 0.2) is 0 Å². The minimum atomic E-state index is 0.371. The monoisotopic (exact) mass is 316 g/mol. The summed E-state index contributed by atoms with van der Waals surface area (Å²) in [5.74, 6) is 1.42. The van der Waals surface area contributed by atoms with E-state index in [4.69, 9.17) is 4.98 Å². The molecule has 3 aromatic rings. The highest BCUT2D eigenvalue weighted by Crippen LogP contribution is 2.70. The van der Waals surface area contributed by atoms with Crippen molar-refractivity contribution in [2.45, 2.75) is 46.0 Å². The van der Waals surface area contributed by atoms with Crippen LogP contribution in [0.25, 0.3) is 21.8 Å². The third-order valence-corrected chi connectivity index (χ3v) is 7.60. The fraction of sp³-hybridized carbons (Fsp3) is 0.455. The van der Waals surface area contributed by atoms with E-state index in [0.717, 1.165) is 17.0 Å². The summed E-state index contributed by atoms with van der Waals surface area (Å²) < 4.78 is 0. The molecule has 0 saturated heterocycles. The summed E-state index contributed by atoms with van der Waals surface area (Å²) in [7, 11) is 0. The molecule has 2 saturated carbocycles. The number of benzene rings is 1. The first-order chi connectivity index (χ1) is 11.5. The first-order valence-electron chi connectivity index (χ1n) is 9.15. The first kappa shape index (κ1) is 14.4. The predicted octanol–water partition coefficient (Wildman–Crippen LogP) is 5.71. The van der Waals surface area contributed by atoms with Gasteiger partial charge in [0.05, 0.1) is 11.0 Å². The van der Waals surface area contributed by atoms with E-state index in [2.05, 4.69) is 56.1 Å². The van der Waals surface area contributed by atoms with E-state index in [9.17, 15) is 0 Å². The average molecular weight is 316 g/mol. The Hall–Kier alpha value is -1.96. The molecule has 122 valence electrons. The van der Waals surface area contributed by atoms with Crippen LogP contribution in [0.4, 0.5) is 0 Å². The molecule has 2 aromatic heterocycles. The lowest BCUT2D eigenvalue weighted by Crippen LogP contribution is -2.31. The van der Waals surface area contributed by atoms with Gasteiger partial charge < -0.3 is 0 Å². The molecule has 0 N–H and O–H groups in total. The summed E-state index contributed by atoms with van der Waals surface area (Å²) in [5, 5.41) is 2.37. The van der Waals surface area contributed by atoms with Gasteiger partial charge in [-0.05, 0) is 48.1 Å². The number of aromatic nitrogens is 2. The zero-order chi connectivity index (χ0) is 16.5. The fourth-order valence-corrected chi connectivity index (χ4v) is 5.58. The van der Waals surface area contributed by atoms with Crippen molar-refractivity contribution in [1.29, 1.82) is 0 Å². The Kier molecular flexibility index (Phi) is 2.73. The smallest absolute Gasteiger partial charge is 0.0967 e. The van der Waals surface area contributed by atoms with Gasteiger partial charge in [0.2, 0.25) is 0 Å². The lowest BCUT2D eigenvalue weighted by molar-refractivity contribution is 0.133. The van der Waals surface area contributed by atoms with Crippen molar-refractivity contribution in [3.8, 4) is 0 Å². The fourth-order valence-electron chi connectivity index (χ4n) is 5.58. The molecule has 2 aliphatic rings. The van der Waals surface area contributed by atoms with Crippen LogP contribution >= 0.6 is 0 Å². The Morgan fingerprint density at radius 3 is 2.42 bits per heavy atom. The van der Waals surface area contributed by atoms with Crippen molar-refractivity contribution in [2.75, 3.05) is 0 Å². The van der Waals surface area contributed by atoms with Crippen molar-refractivity contribution in [1.82, 2.24) is 9.97 Å². The summed E-state index contributed by atoms with van der Waals surface area (Å²) >= 11 is 0. The summed E-state index contributed by atoms with van der Waals surface area (Å²) in [6, 6.07) is 12.9. The first-order valence-corrected chi connectivity index (χ1v) is 9.15. The van der Waals surface area contributed by atoms with Crippen LogP contribution < -0.4 is 0 Å². The molecule has 2 bridgehead atoms. The van der Waals surface area contributed by atoms with Gasteiger partial charge in [-0.15, -0.1) is 0 Å². The van der Waals surface area contributed by atoms with Crippen LogP contribution in [0.15, 0.2) is 42.6 Å². The van der Waals surface area contributed by atoms with E-state index in [1.807, 2.05) is 12.3 Å². The van der Waals surface area contributed by atoms with Gasteiger partial charge in [0.25, 0.3) is 0 Å². The van der Waals surface area contributed by atoms with Gasteiger partial charge in [-0.3, -0.25) is 9.97 Å². The average Bonchev–Trinajstić information content (AvgIpc) is 2.94. The van der Waals surface area contributed by atoms with E-state index in [-0.39, 0.29) is 0 Å². The van der Waals surface area contributed by atoms with Crippen LogP contribution in [0.3, 0.4) is 0 Å². The molecule has 2 heteroatoms. The van der Waals surface area contributed by atoms with Crippen LogP contribution in [0, 0.1) is 16.7 Å². The summed E-state index contributed by atoms with van der Waals surface area (Å²) in [5.41, 5.74) is 4.17. The van der Waals surface area contributed by atoms with E-state index >= 15 is 0 Å². The van der Waals surface area contributed by atoms with E-state index in [0.29, 0.717) is 16.7 Å². The Bertz CT molecular complexity index is 959. The Morgan fingerprint density at radius 2 is 1.71 bits per heavy atom. The van der Waals surface area contributed by atoms with E-state index < -0.39 is 0 Å². The van der Waals surface area contributed by atoms with Gasteiger partial charge in [-0.2, -0.15) is 0 Å². The normalized spacial score (nSPS) is 31.1. The molecule has 2 heterocycles. The number of hydrogen-bond donors (Lipinski definition) is 0. The SMILES string of the molecule is CC1(C)[C@@H]2CC[C@@]1(C)[C@@H](c1ccc3ccc4cccnc4c3n1)C2. The van der Waals surface area contributed by atoms with Crippen molar-refractivity contribution >= 4 is 21.8 Å². The Morgan fingerprint density at radius 1 is 0.958 bits per heavy atom. The lowest BCUT2D eigenvalue weighted by Gasteiger charge is -2.39. The molecule has 2 aliphatic carbocycles. The van der Waals surface area contributed by atoms with Gasteiger partial charge in [0.1, 0.15) is 0 Å². The quantitative estimate of drug-likeness (QED) is 0.537. The largest absolute Gasteiger partial charge is 0.254 e. The number of fused-ring (bicyclic) bond motifs is 5. The molecule has 2 fully saturated rings. The number of pyridine rings is 2. The molecule has 2 nitrogen and oxygen atoms in total. The second-order valence-electron chi connectivity index (χ2n) is 8.61. The summed E-state index contributed by atoms with van der Waals surface area (Å²) in [4.78, 5) is 9.76. The van der Waals surface area contributed by atoms with Crippen LogP contribution in [0.5, 0.6) is 0 Å². The molecule has 1 aromatic carbocycles. The molecule has 0 aliphatic heterocycles. The van der Waals surface area contributed by atoms with Crippen molar-refractivity contribution < 1.29 is 0 Å². The molecule has 0 spiro atoms. The number of hydrogen-bond acceptors (Lipinski definition) is 2. The molecule has 24 heavy (non-hydrogen) atoms. The number of rotatable bonds is 1. The van der Waals surface area contributed by atoms with Crippen molar-refractivity contribution in [3.05, 3.63) is 48.3 Å². The Labute approximate surface area is 143 Å². The standard InChI is InChI=1S/C22H24N2/c1-21(2)16-10-11-22(21,3)17(13-16)18-9-8-15-7-6-14-5-4-12-23-19(14)20(15)24-18/h4-9,12,16-17H,10-11,13H2,1-3H3/t16-,17-,22+/m1/s1. The van der Waals surface area contributed by atoms with Gasteiger partial charge >= 0.3 is 0 Å². The van der Waals surface area contributed by atoms with Crippen LogP contribution in [0.1, 0.15) is 51.6 Å². The topological polar surface area (TPSA) is 25.8 Å². The van der Waals surface area contributed by atoms with Gasteiger partial charge in [0, 0.05) is 28.6 Å². The third-order valence-electron chi connectivity index (χ3n) is 7.60. The summed E-state index contributed by atoms with van der Waals surface area (Å²) in [6.07, 6.45) is 5.89. The maximum Gasteiger partial charge on any atom is 0.0967 e. The number of nitrogens with zero attached hydrogens (tertiary/aromatic N) is 2. The van der Waals surface area contributed by atoms with Crippen molar-refractivity contribution in [3.63, 3.8) is 0 Å². The van der Waals surface area contributed by atoms with Gasteiger partial charge in [-0.25, -0.2) is 0 Å². The highest BCUT2D eigenvalue weighted by atomic mass is 14.8. The molecular formula is C22H24N2. The molecular weight excluding hydrogens is 292 g/mol. The molecule has 0 amide bonds. The molecule has 3 atom stereocenters. The third kappa shape index (κ3) is 1.67. The van der Waals surface area contributed by atoms with Crippen LogP contribution in [0.2, 0.25) is 0 Å². The Balaban J connectivity index is 1.70. The highest BCUT2D eigenvalue weighted by molar-refractivity contribution is 6.02. The zero-order valence-electron chi connectivity index (χ0n) is 14.7. The van der Waals surface area contributed by atoms with Crippen LogP contribution in [-0.2, 0) is 0 Å². The second-order valence-corrected chi connectivity index (χ2v) is 8.61.